The Balaban J connectivity index is 1.55. The van der Waals surface area contributed by atoms with Crippen LogP contribution in [0, 0.1) is 0 Å². The Hall–Kier alpha value is -1.46. The van der Waals surface area contributed by atoms with Crippen molar-refractivity contribution < 1.29 is 19.1 Å². The summed E-state index contributed by atoms with van der Waals surface area (Å²) in [5.74, 6) is 0. The molecule has 0 atom stereocenters. The highest BCUT2D eigenvalue weighted by molar-refractivity contribution is 5.74. The lowest BCUT2D eigenvalue weighted by Crippen LogP contribution is -2.66. The van der Waals surface area contributed by atoms with E-state index in [1.54, 1.807) is 4.90 Å². The fraction of sp³-hybridized carbons (Fsp3) is 0.875. The number of hydrogen-bond acceptors (Lipinski definition) is 4. The molecule has 124 valence electrons. The van der Waals surface area contributed by atoms with Crippen LogP contribution >= 0.6 is 0 Å². The van der Waals surface area contributed by atoms with E-state index in [9.17, 15) is 9.59 Å². The number of carbonyl (C=O) groups excluding carboxylic acids is 2. The van der Waals surface area contributed by atoms with E-state index in [1.807, 2.05) is 25.7 Å². The first-order valence-corrected chi connectivity index (χ1v) is 8.26. The van der Waals surface area contributed by atoms with Gasteiger partial charge in [0.2, 0.25) is 0 Å². The first-order valence-electron chi connectivity index (χ1n) is 8.26. The maximum atomic E-state index is 12.2. The zero-order chi connectivity index (χ0) is 16.0. The molecule has 6 nitrogen and oxygen atoms in total. The predicted octanol–water partition coefficient (Wildman–Crippen LogP) is 2.76. The van der Waals surface area contributed by atoms with E-state index in [-0.39, 0.29) is 12.2 Å². The summed E-state index contributed by atoms with van der Waals surface area (Å²) in [7, 11) is 0. The molecule has 0 N–H and O–H groups in total. The van der Waals surface area contributed by atoms with Gasteiger partial charge in [-0.25, -0.2) is 9.59 Å². The van der Waals surface area contributed by atoms with E-state index in [4.69, 9.17) is 9.47 Å². The van der Waals surface area contributed by atoms with Crippen LogP contribution in [0.15, 0.2) is 0 Å². The van der Waals surface area contributed by atoms with Crippen molar-refractivity contribution >= 4 is 12.2 Å². The van der Waals surface area contributed by atoms with Crippen LogP contribution in [-0.4, -0.2) is 58.9 Å². The molecule has 0 radical (unpaired) electrons. The van der Waals surface area contributed by atoms with Crippen LogP contribution in [0.3, 0.4) is 0 Å². The van der Waals surface area contributed by atoms with Crippen molar-refractivity contribution in [1.82, 2.24) is 9.80 Å². The molecule has 2 heterocycles. The fourth-order valence-electron chi connectivity index (χ4n) is 3.59. The molecule has 3 aliphatic rings. The van der Waals surface area contributed by atoms with Crippen molar-refractivity contribution in [2.24, 2.45) is 0 Å². The van der Waals surface area contributed by atoms with Gasteiger partial charge in [-0.2, -0.15) is 0 Å². The van der Waals surface area contributed by atoms with Gasteiger partial charge in [-0.15, -0.1) is 0 Å². The van der Waals surface area contributed by atoms with Crippen molar-refractivity contribution in [3.05, 3.63) is 0 Å². The van der Waals surface area contributed by atoms with Gasteiger partial charge in [-0.1, -0.05) is 19.3 Å². The highest BCUT2D eigenvalue weighted by atomic mass is 16.6. The topological polar surface area (TPSA) is 59.1 Å². The molecular weight excluding hydrogens is 284 g/mol. The Morgan fingerprint density at radius 2 is 1.82 bits per heavy atom. The number of carbonyl (C=O) groups is 2. The Labute approximate surface area is 131 Å². The maximum Gasteiger partial charge on any atom is 0.410 e. The fourth-order valence-corrected chi connectivity index (χ4v) is 3.59. The number of nitrogens with zero attached hydrogens (tertiary/aromatic N) is 2. The monoisotopic (exact) mass is 310 g/mol. The third kappa shape index (κ3) is 3.01. The van der Waals surface area contributed by atoms with Gasteiger partial charge < -0.3 is 14.4 Å². The maximum absolute atomic E-state index is 12.2. The lowest BCUT2D eigenvalue weighted by Gasteiger charge is -2.45. The second-order valence-electron chi connectivity index (χ2n) is 7.81. The van der Waals surface area contributed by atoms with E-state index in [2.05, 4.69) is 0 Å². The summed E-state index contributed by atoms with van der Waals surface area (Å²) in [6.07, 6.45) is 5.23. The third-order valence-corrected chi connectivity index (χ3v) is 4.62. The largest absolute Gasteiger partial charge is 0.444 e. The quantitative estimate of drug-likeness (QED) is 0.747. The first-order chi connectivity index (χ1) is 10.3. The van der Waals surface area contributed by atoms with Gasteiger partial charge in [0.05, 0.1) is 19.6 Å². The molecule has 2 amide bonds. The van der Waals surface area contributed by atoms with Crippen molar-refractivity contribution in [2.45, 2.75) is 70.1 Å². The highest BCUT2D eigenvalue weighted by Crippen LogP contribution is 2.36. The molecule has 0 unspecified atom stereocenters. The van der Waals surface area contributed by atoms with E-state index < -0.39 is 11.2 Å². The van der Waals surface area contributed by atoms with Gasteiger partial charge in [0, 0.05) is 6.04 Å². The second kappa shape index (κ2) is 5.32. The van der Waals surface area contributed by atoms with Crippen LogP contribution in [0.4, 0.5) is 9.59 Å². The van der Waals surface area contributed by atoms with Crippen molar-refractivity contribution in [3.63, 3.8) is 0 Å². The van der Waals surface area contributed by atoms with E-state index in [0.717, 1.165) is 12.8 Å². The van der Waals surface area contributed by atoms with Gasteiger partial charge in [0.15, 0.2) is 5.60 Å². The molecule has 0 aromatic heterocycles. The average molecular weight is 310 g/mol. The zero-order valence-corrected chi connectivity index (χ0v) is 13.8. The minimum atomic E-state index is -0.508. The van der Waals surface area contributed by atoms with Crippen LogP contribution in [0.2, 0.25) is 0 Å². The Kier molecular flexibility index (Phi) is 3.73. The first kappa shape index (κ1) is 15.4. The third-order valence-electron chi connectivity index (χ3n) is 4.62. The Morgan fingerprint density at radius 1 is 1.18 bits per heavy atom. The SMILES string of the molecule is CC(C)(C)OC(=O)N1CC2(C1)CN(C1CCCCC1)C(=O)O2. The second-order valence-corrected chi connectivity index (χ2v) is 7.81. The lowest BCUT2D eigenvalue weighted by atomic mass is 9.91. The van der Waals surface area contributed by atoms with Crippen LogP contribution in [0.5, 0.6) is 0 Å². The van der Waals surface area contributed by atoms with Crippen LogP contribution in [0.1, 0.15) is 52.9 Å². The molecule has 3 fully saturated rings. The van der Waals surface area contributed by atoms with Crippen LogP contribution in [0.25, 0.3) is 0 Å². The molecule has 22 heavy (non-hydrogen) atoms. The summed E-state index contributed by atoms with van der Waals surface area (Å²) in [4.78, 5) is 27.6. The molecule has 2 aliphatic heterocycles. The smallest absolute Gasteiger partial charge is 0.410 e. The minimum Gasteiger partial charge on any atom is -0.444 e. The number of amides is 2. The van der Waals surface area contributed by atoms with Crippen molar-refractivity contribution in [3.8, 4) is 0 Å². The summed E-state index contributed by atoms with van der Waals surface area (Å²) in [6, 6.07) is 0.316. The number of likely N-dealkylation sites (tertiary alicyclic amines) is 1. The zero-order valence-electron chi connectivity index (χ0n) is 13.8. The normalized spacial score (nSPS) is 25.1. The standard InChI is InChI=1S/C16H26N2O4/c1-15(2,3)21-13(19)17-9-16(10-17)11-18(14(20)22-16)12-7-5-4-6-8-12/h12H,4-11H2,1-3H3. The van der Waals surface area contributed by atoms with Gasteiger partial charge in [-0.05, 0) is 33.6 Å². The molecule has 3 rings (SSSR count). The Morgan fingerprint density at radius 3 is 2.41 bits per heavy atom. The van der Waals surface area contributed by atoms with Crippen LogP contribution in [-0.2, 0) is 9.47 Å². The summed E-state index contributed by atoms with van der Waals surface area (Å²) in [6.45, 7) is 7.03. The summed E-state index contributed by atoms with van der Waals surface area (Å²) >= 11 is 0. The average Bonchev–Trinajstić information content (AvgIpc) is 2.74. The van der Waals surface area contributed by atoms with Crippen molar-refractivity contribution in [2.75, 3.05) is 19.6 Å². The molecule has 0 bridgehead atoms. The predicted molar refractivity (Wildman–Crippen MR) is 80.6 cm³/mol. The van der Waals surface area contributed by atoms with Gasteiger partial charge in [0.25, 0.3) is 0 Å². The number of ether oxygens (including phenoxy) is 2. The van der Waals surface area contributed by atoms with Gasteiger partial charge in [-0.3, -0.25) is 4.90 Å². The summed E-state index contributed by atoms with van der Waals surface area (Å²) in [5.41, 5.74) is -1.01. The number of hydrogen-bond donors (Lipinski definition) is 0. The molecule has 6 heteroatoms. The minimum absolute atomic E-state index is 0.212. The van der Waals surface area contributed by atoms with Crippen LogP contribution < -0.4 is 0 Å². The van der Waals surface area contributed by atoms with E-state index in [0.29, 0.717) is 25.7 Å². The Bertz CT molecular complexity index is 459. The van der Waals surface area contributed by atoms with Gasteiger partial charge in [0.1, 0.15) is 5.60 Å². The van der Waals surface area contributed by atoms with Crippen molar-refractivity contribution in [1.29, 1.82) is 0 Å². The molecule has 1 saturated carbocycles. The summed E-state index contributed by atoms with van der Waals surface area (Å²) < 4.78 is 10.9. The van der Waals surface area contributed by atoms with E-state index in [1.165, 1.54) is 19.3 Å². The lowest BCUT2D eigenvalue weighted by molar-refractivity contribution is -0.0790. The molecule has 2 saturated heterocycles. The molecule has 0 aromatic rings. The molecule has 1 aliphatic carbocycles. The van der Waals surface area contributed by atoms with E-state index >= 15 is 0 Å². The van der Waals surface area contributed by atoms with Gasteiger partial charge >= 0.3 is 12.2 Å². The molecule has 0 aromatic carbocycles. The molecular formula is C16H26N2O4. The molecule has 1 spiro atoms. The highest BCUT2D eigenvalue weighted by Gasteiger charge is 2.56. The summed E-state index contributed by atoms with van der Waals surface area (Å²) in [5, 5.41) is 0. The number of rotatable bonds is 1.